The van der Waals surface area contributed by atoms with Crippen LogP contribution < -0.4 is 14.8 Å². The molecule has 1 aliphatic heterocycles. The van der Waals surface area contributed by atoms with Crippen molar-refractivity contribution in [3.63, 3.8) is 0 Å². The third-order valence-corrected chi connectivity index (χ3v) is 4.78. The Bertz CT molecular complexity index is 1000. The number of benzene rings is 2. The van der Waals surface area contributed by atoms with Gasteiger partial charge in [-0.15, -0.1) is 10.2 Å². The largest absolute Gasteiger partial charge is 0.454 e. The van der Waals surface area contributed by atoms with E-state index in [-0.39, 0.29) is 12.7 Å². The van der Waals surface area contributed by atoms with E-state index in [1.54, 1.807) is 18.2 Å². The van der Waals surface area contributed by atoms with Crippen molar-refractivity contribution in [1.29, 1.82) is 0 Å². The third kappa shape index (κ3) is 3.54. The number of fused-ring (bicyclic) bond motifs is 1. The summed E-state index contributed by atoms with van der Waals surface area (Å²) in [6.45, 7) is 0.216. The van der Waals surface area contributed by atoms with Crippen LogP contribution in [0.2, 0.25) is 5.02 Å². The average molecular weight is 386 g/mol. The number of nitrogens with zero attached hydrogens (tertiary/aromatic N) is 2. The van der Waals surface area contributed by atoms with Crippen LogP contribution in [0.3, 0.4) is 0 Å². The van der Waals surface area contributed by atoms with Crippen LogP contribution in [-0.4, -0.2) is 22.9 Å². The van der Waals surface area contributed by atoms with Crippen LogP contribution in [0.15, 0.2) is 48.5 Å². The van der Waals surface area contributed by atoms with Gasteiger partial charge in [0.05, 0.1) is 5.02 Å². The summed E-state index contributed by atoms with van der Waals surface area (Å²) < 4.78 is 10.6. The zero-order valence-electron chi connectivity index (χ0n) is 13.3. The first-order valence-electron chi connectivity index (χ1n) is 7.66. The highest BCUT2D eigenvalue weighted by Gasteiger charge is 2.13. The monoisotopic (exact) mass is 385 g/mol. The Morgan fingerprint density at radius 2 is 2.00 bits per heavy atom. The standard InChI is InChI=1S/C18H12ClN3O3S/c19-13-4-2-1-3-12(13)17-21-22-18(26-17)20-16(23)8-6-11-5-7-14-15(9-11)25-10-24-14/h1-9H,10H2,(H,20,22,23)/b8-6+. The van der Waals surface area contributed by atoms with Crippen LogP contribution in [0.4, 0.5) is 5.13 Å². The van der Waals surface area contributed by atoms with E-state index >= 15 is 0 Å². The number of anilines is 1. The minimum absolute atomic E-state index is 0.216. The van der Waals surface area contributed by atoms with E-state index in [4.69, 9.17) is 21.1 Å². The summed E-state index contributed by atoms with van der Waals surface area (Å²) in [7, 11) is 0. The van der Waals surface area contributed by atoms with Crippen LogP contribution in [0.1, 0.15) is 5.56 Å². The summed E-state index contributed by atoms with van der Waals surface area (Å²) in [5, 5.41) is 12.4. The number of aromatic nitrogens is 2. The Labute approximate surface area is 158 Å². The van der Waals surface area contributed by atoms with Crippen molar-refractivity contribution in [3.05, 3.63) is 59.1 Å². The topological polar surface area (TPSA) is 73.3 Å². The first-order chi connectivity index (χ1) is 12.7. The molecule has 1 aliphatic rings. The summed E-state index contributed by atoms with van der Waals surface area (Å²) in [6, 6.07) is 12.8. The number of hydrogen-bond acceptors (Lipinski definition) is 6. The maximum Gasteiger partial charge on any atom is 0.250 e. The Morgan fingerprint density at radius 1 is 1.15 bits per heavy atom. The third-order valence-electron chi connectivity index (χ3n) is 3.58. The van der Waals surface area contributed by atoms with Gasteiger partial charge in [-0.3, -0.25) is 10.1 Å². The maximum atomic E-state index is 12.1. The lowest BCUT2D eigenvalue weighted by atomic mass is 10.2. The smallest absolute Gasteiger partial charge is 0.250 e. The Morgan fingerprint density at radius 3 is 2.88 bits per heavy atom. The molecule has 0 fully saturated rings. The molecule has 1 N–H and O–H groups in total. The minimum atomic E-state index is -0.301. The number of hydrogen-bond donors (Lipinski definition) is 1. The SMILES string of the molecule is O=C(/C=C/c1ccc2c(c1)OCO2)Nc1nnc(-c2ccccc2Cl)s1. The highest BCUT2D eigenvalue weighted by Crippen LogP contribution is 2.33. The Kier molecular flexibility index (Phi) is 4.55. The van der Waals surface area contributed by atoms with Crippen LogP contribution in [0.5, 0.6) is 11.5 Å². The molecule has 0 bridgehead atoms. The van der Waals surface area contributed by atoms with Gasteiger partial charge >= 0.3 is 0 Å². The lowest BCUT2D eigenvalue weighted by molar-refractivity contribution is -0.111. The van der Waals surface area contributed by atoms with Crippen molar-refractivity contribution in [3.8, 4) is 22.1 Å². The van der Waals surface area contributed by atoms with Crippen LogP contribution >= 0.6 is 22.9 Å². The normalized spacial score (nSPS) is 12.5. The van der Waals surface area contributed by atoms with Gasteiger partial charge in [-0.05, 0) is 29.8 Å². The molecule has 0 spiro atoms. The first-order valence-corrected chi connectivity index (χ1v) is 8.85. The lowest BCUT2D eigenvalue weighted by Crippen LogP contribution is -2.07. The summed E-state index contributed by atoms with van der Waals surface area (Å²) in [5.41, 5.74) is 1.61. The molecule has 0 aliphatic carbocycles. The molecule has 0 saturated heterocycles. The number of amides is 1. The molecule has 1 aromatic heterocycles. The van der Waals surface area contributed by atoms with Crippen LogP contribution in [0, 0.1) is 0 Å². The zero-order valence-corrected chi connectivity index (χ0v) is 14.9. The highest BCUT2D eigenvalue weighted by molar-refractivity contribution is 7.18. The van der Waals surface area contributed by atoms with Crippen molar-refractivity contribution < 1.29 is 14.3 Å². The summed E-state index contributed by atoms with van der Waals surface area (Å²) in [6.07, 6.45) is 3.11. The minimum Gasteiger partial charge on any atom is -0.454 e. The second-order valence-electron chi connectivity index (χ2n) is 5.33. The second kappa shape index (κ2) is 7.15. The van der Waals surface area contributed by atoms with E-state index in [2.05, 4.69) is 15.5 Å². The van der Waals surface area contributed by atoms with E-state index in [9.17, 15) is 4.79 Å². The molecule has 2 heterocycles. The molecule has 0 radical (unpaired) electrons. The van der Waals surface area contributed by atoms with Gasteiger partial charge < -0.3 is 9.47 Å². The molecule has 1 amide bonds. The zero-order chi connectivity index (χ0) is 17.9. The quantitative estimate of drug-likeness (QED) is 0.680. The number of nitrogens with one attached hydrogen (secondary N) is 1. The Balaban J connectivity index is 1.43. The molecule has 130 valence electrons. The molecule has 0 saturated carbocycles. The van der Waals surface area contributed by atoms with E-state index < -0.39 is 0 Å². The highest BCUT2D eigenvalue weighted by atomic mass is 35.5. The van der Waals surface area contributed by atoms with Gasteiger partial charge in [-0.2, -0.15) is 0 Å². The van der Waals surface area contributed by atoms with Crippen molar-refractivity contribution in [2.45, 2.75) is 0 Å². The van der Waals surface area contributed by atoms with E-state index in [1.165, 1.54) is 17.4 Å². The molecule has 26 heavy (non-hydrogen) atoms. The van der Waals surface area contributed by atoms with Gasteiger partial charge in [0, 0.05) is 11.6 Å². The fourth-order valence-electron chi connectivity index (χ4n) is 2.35. The van der Waals surface area contributed by atoms with Gasteiger partial charge in [0.15, 0.2) is 16.5 Å². The molecule has 0 unspecified atom stereocenters. The number of rotatable bonds is 4. The molecule has 0 atom stereocenters. The number of carbonyl (C=O) groups is 1. The van der Waals surface area contributed by atoms with Gasteiger partial charge in [0.1, 0.15) is 0 Å². The predicted octanol–water partition coefficient (Wildman–Crippen LogP) is 4.24. The van der Waals surface area contributed by atoms with Crippen molar-refractivity contribution in [2.75, 3.05) is 12.1 Å². The Hall–Kier alpha value is -2.90. The molecule has 3 aromatic rings. The maximum absolute atomic E-state index is 12.1. The van der Waals surface area contributed by atoms with E-state index in [0.29, 0.717) is 26.7 Å². The van der Waals surface area contributed by atoms with Gasteiger partial charge in [0.25, 0.3) is 0 Å². The van der Waals surface area contributed by atoms with E-state index in [0.717, 1.165) is 11.1 Å². The predicted molar refractivity (Wildman–Crippen MR) is 101 cm³/mol. The average Bonchev–Trinajstić information content (AvgIpc) is 3.29. The van der Waals surface area contributed by atoms with Crippen molar-refractivity contribution in [1.82, 2.24) is 10.2 Å². The van der Waals surface area contributed by atoms with Gasteiger partial charge in [-0.25, -0.2) is 0 Å². The fourth-order valence-corrected chi connectivity index (χ4v) is 3.42. The van der Waals surface area contributed by atoms with Gasteiger partial charge in [0.2, 0.25) is 17.8 Å². The summed E-state index contributed by atoms with van der Waals surface area (Å²) in [5.74, 6) is 1.07. The molecular formula is C18H12ClN3O3S. The molecule has 2 aromatic carbocycles. The number of carbonyl (C=O) groups excluding carboxylic acids is 1. The fraction of sp³-hybridized carbons (Fsp3) is 0.0556. The first kappa shape index (κ1) is 16.6. The molecule has 4 rings (SSSR count). The van der Waals surface area contributed by atoms with Crippen LogP contribution in [-0.2, 0) is 4.79 Å². The molecular weight excluding hydrogens is 374 g/mol. The van der Waals surface area contributed by atoms with Gasteiger partial charge in [-0.1, -0.05) is 47.2 Å². The summed E-state index contributed by atoms with van der Waals surface area (Å²) in [4.78, 5) is 12.1. The molecule has 8 heteroatoms. The lowest BCUT2D eigenvalue weighted by Gasteiger charge is -1.98. The second-order valence-corrected chi connectivity index (χ2v) is 6.71. The number of halogens is 1. The summed E-state index contributed by atoms with van der Waals surface area (Å²) >= 11 is 7.41. The number of ether oxygens (including phenoxy) is 2. The van der Waals surface area contributed by atoms with Crippen molar-refractivity contribution in [2.24, 2.45) is 0 Å². The van der Waals surface area contributed by atoms with E-state index in [1.807, 2.05) is 30.3 Å². The van der Waals surface area contributed by atoms with Crippen molar-refractivity contribution >= 4 is 40.1 Å². The molecule has 6 nitrogen and oxygen atoms in total. The van der Waals surface area contributed by atoms with Crippen LogP contribution in [0.25, 0.3) is 16.6 Å².